The molecule has 0 aromatic carbocycles. The zero-order valence-corrected chi connectivity index (χ0v) is 9.97. The van der Waals surface area contributed by atoms with Crippen LogP contribution < -0.4 is 5.32 Å². The highest BCUT2D eigenvalue weighted by Gasteiger charge is 2.01. The molecular weight excluding hydrogens is 194 g/mol. The van der Waals surface area contributed by atoms with Gasteiger partial charge in [-0.05, 0) is 20.9 Å². The van der Waals surface area contributed by atoms with Gasteiger partial charge in [-0.15, -0.1) is 11.3 Å². The maximum absolute atomic E-state index is 4.21. The summed E-state index contributed by atoms with van der Waals surface area (Å²) in [6.07, 6.45) is 1.85. The summed E-state index contributed by atoms with van der Waals surface area (Å²) in [6, 6.07) is 0.622. The number of hydrogen-bond donors (Lipinski definition) is 1. The third-order valence-electron chi connectivity index (χ3n) is 2.28. The van der Waals surface area contributed by atoms with Crippen molar-refractivity contribution >= 4 is 11.3 Å². The number of hydrogen-bond acceptors (Lipinski definition) is 4. The molecule has 0 unspecified atom stereocenters. The van der Waals surface area contributed by atoms with Gasteiger partial charge in [0.15, 0.2) is 0 Å². The normalized spacial score (nSPS) is 11.5. The fraction of sp³-hybridized carbons (Fsp3) is 0.700. The molecule has 0 aliphatic rings. The Labute approximate surface area is 90.2 Å². The molecule has 0 spiro atoms. The Kier molecular flexibility index (Phi) is 5.07. The van der Waals surface area contributed by atoms with Crippen molar-refractivity contribution < 1.29 is 0 Å². The number of likely N-dealkylation sites (N-methyl/N-ethyl adjacent to an activating group) is 1. The summed E-state index contributed by atoms with van der Waals surface area (Å²) in [4.78, 5) is 6.54. The molecule has 0 saturated carbocycles. The van der Waals surface area contributed by atoms with E-state index in [-0.39, 0.29) is 0 Å². The Hall–Kier alpha value is -0.450. The molecule has 0 atom stereocenters. The van der Waals surface area contributed by atoms with Gasteiger partial charge in [0.2, 0.25) is 0 Å². The van der Waals surface area contributed by atoms with Crippen LogP contribution in [-0.2, 0) is 6.54 Å². The average Bonchev–Trinajstić information content (AvgIpc) is 2.64. The molecule has 0 radical (unpaired) electrons. The summed E-state index contributed by atoms with van der Waals surface area (Å²) in [6.45, 7) is 7.42. The van der Waals surface area contributed by atoms with Gasteiger partial charge in [-0.1, -0.05) is 0 Å². The molecule has 1 aromatic heterocycles. The average molecular weight is 213 g/mol. The van der Waals surface area contributed by atoms with Gasteiger partial charge in [0.1, 0.15) is 5.01 Å². The Balaban J connectivity index is 2.05. The van der Waals surface area contributed by atoms with Crippen molar-refractivity contribution in [3.05, 3.63) is 16.6 Å². The van der Waals surface area contributed by atoms with Crippen molar-refractivity contribution in [3.8, 4) is 0 Å². The fourth-order valence-electron chi connectivity index (χ4n) is 1.05. The number of aromatic nitrogens is 1. The van der Waals surface area contributed by atoms with E-state index < -0.39 is 0 Å². The molecule has 0 fully saturated rings. The maximum Gasteiger partial charge on any atom is 0.106 e. The number of nitrogens with one attached hydrogen (secondary N) is 1. The first-order valence-corrected chi connectivity index (χ1v) is 5.87. The third kappa shape index (κ3) is 4.17. The van der Waals surface area contributed by atoms with Crippen LogP contribution >= 0.6 is 11.3 Å². The predicted octanol–water partition coefficient (Wildman–Crippen LogP) is 1.57. The Bertz CT molecular complexity index is 234. The second-order valence-corrected chi connectivity index (χ2v) is 4.66. The maximum atomic E-state index is 4.21. The first-order chi connectivity index (χ1) is 6.70. The molecular formula is C10H19N3S. The van der Waals surface area contributed by atoms with Gasteiger partial charge in [0.05, 0.1) is 0 Å². The van der Waals surface area contributed by atoms with Crippen LogP contribution in [-0.4, -0.2) is 36.1 Å². The van der Waals surface area contributed by atoms with Gasteiger partial charge >= 0.3 is 0 Å². The molecule has 14 heavy (non-hydrogen) atoms. The van der Waals surface area contributed by atoms with E-state index in [9.17, 15) is 0 Å². The summed E-state index contributed by atoms with van der Waals surface area (Å²) in [5.74, 6) is 0. The highest BCUT2D eigenvalue weighted by atomic mass is 32.1. The lowest BCUT2D eigenvalue weighted by Gasteiger charge is -2.20. The first kappa shape index (κ1) is 11.6. The van der Waals surface area contributed by atoms with Gasteiger partial charge in [-0.2, -0.15) is 0 Å². The van der Waals surface area contributed by atoms with Crippen LogP contribution in [0.4, 0.5) is 0 Å². The predicted molar refractivity (Wildman–Crippen MR) is 61.6 cm³/mol. The summed E-state index contributed by atoms with van der Waals surface area (Å²) >= 11 is 1.70. The van der Waals surface area contributed by atoms with Crippen LogP contribution in [0.3, 0.4) is 0 Å². The summed E-state index contributed by atoms with van der Waals surface area (Å²) in [5, 5.41) is 6.56. The van der Waals surface area contributed by atoms with Crippen LogP contribution in [0.5, 0.6) is 0 Å². The Morgan fingerprint density at radius 3 is 2.93 bits per heavy atom. The minimum atomic E-state index is 0.622. The molecule has 1 heterocycles. The second kappa shape index (κ2) is 6.11. The fourth-order valence-corrected chi connectivity index (χ4v) is 1.64. The van der Waals surface area contributed by atoms with Gasteiger partial charge < -0.3 is 10.2 Å². The van der Waals surface area contributed by atoms with Crippen molar-refractivity contribution in [2.75, 3.05) is 20.1 Å². The largest absolute Gasteiger partial charge is 0.309 e. The molecule has 0 amide bonds. The smallest absolute Gasteiger partial charge is 0.106 e. The van der Waals surface area contributed by atoms with Crippen LogP contribution in [0.25, 0.3) is 0 Å². The molecule has 0 aliphatic heterocycles. The minimum absolute atomic E-state index is 0.622. The summed E-state index contributed by atoms with van der Waals surface area (Å²) < 4.78 is 0. The van der Waals surface area contributed by atoms with Crippen molar-refractivity contribution in [1.82, 2.24) is 15.2 Å². The van der Waals surface area contributed by atoms with E-state index >= 15 is 0 Å². The van der Waals surface area contributed by atoms with Crippen molar-refractivity contribution in [2.24, 2.45) is 0 Å². The molecule has 4 heteroatoms. The highest BCUT2D eigenvalue weighted by Crippen LogP contribution is 2.02. The van der Waals surface area contributed by atoms with Gasteiger partial charge in [0, 0.05) is 37.3 Å². The van der Waals surface area contributed by atoms with Crippen LogP contribution in [0, 0.1) is 0 Å². The topological polar surface area (TPSA) is 28.2 Å². The molecule has 1 rings (SSSR count). The van der Waals surface area contributed by atoms with Gasteiger partial charge in [0.25, 0.3) is 0 Å². The minimum Gasteiger partial charge on any atom is -0.309 e. The zero-order valence-electron chi connectivity index (χ0n) is 9.16. The molecule has 0 bridgehead atoms. The Morgan fingerprint density at radius 2 is 2.36 bits per heavy atom. The zero-order chi connectivity index (χ0) is 10.4. The van der Waals surface area contributed by atoms with Crippen LogP contribution in [0.15, 0.2) is 11.6 Å². The van der Waals surface area contributed by atoms with Gasteiger partial charge in [-0.25, -0.2) is 4.98 Å². The second-order valence-electron chi connectivity index (χ2n) is 3.68. The lowest BCUT2D eigenvalue weighted by molar-refractivity contribution is 0.273. The quantitative estimate of drug-likeness (QED) is 0.727. The molecule has 1 aromatic rings. The highest BCUT2D eigenvalue weighted by molar-refractivity contribution is 7.09. The lowest BCUT2D eigenvalue weighted by Crippen LogP contribution is -2.33. The molecule has 0 saturated heterocycles. The Morgan fingerprint density at radius 1 is 1.57 bits per heavy atom. The standard InChI is InChI=1S/C10H19N3S/c1-9(2)13(3)6-4-11-8-10-12-5-7-14-10/h5,7,9,11H,4,6,8H2,1-3H3. The number of rotatable bonds is 6. The number of thiazole rings is 1. The monoisotopic (exact) mass is 213 g/mol. The van der Waals surface area contributed by atoms with Crippen molar-refractivity contribution in [2.45, 2.75) is 26.4 Å². The van der Waals surface area contributed by atoms with Gasteiger partial charge in [-0.3, -0.25) is 0 Å². The van der Waals surface area contributed by atoms with E-state index in [1.165, 1.54) is 0 Å². The molecule has 80 valence electrons. The SMILES string of the molecule is CC(C)N(C)CCNCc1nccs1. The molecule has 1 N–H and O–H groups in total. The van der Waals surface area contributed by atoms with E-state index in [4.69, 9.17) is 0 Å². The van der Waals surface area contributed by atoms with Crippen LogP contribution in [0.1, 0.15) is 18.9 Å². The number of nitrogens with zero attached hydrogens (tertiary/aromatic N) is 2. The van der Waals surface area contributed by atoms with E-state index in [1.807, 2.05) is 11.6 Å². The van der Waals surface area contributed by atoms with E-state index in [1.54, 1.807) is 11.3 Å². The lowest BCUT2D eigenvalue weighted by atomic mass is 10.3. The molecule has 0 aliphatic carbocycles. The van der Waals surface area contributed by atoms with E-state index in [0.29, 0.717) is 6.04 Å². The third-order valence-corrected chi connectivity index (χ3v) is 3.06. The summed E-state index contributed by atoms with van der Waals surface area (Å²) in [5.41, 5.74) is 0. The van der Waals surface area contributed by atoms with Crippen molar-refractivity contribution in [3.63, 3.8) is 0 Å². The van der Waals surface area contributed by atoms with Crippen LogP contribution in [0.2, 0.25) is 0 Å². The first-order valence-electron chi connectivity index (χ1n) is 4.99. The molecule has 3 nitrogen and oxygen atoms in total. The van der Waals surface area contributed by atoms with E-state index in [0.717, 1.165) is 24.6 Å². The van der Waals surface area contributed by atoms with Crippen molar-refractivity contribution in [1.29, 1.82) is 0 Å². The summed E-state index contributed by atoms with van der Waals surface area (Å²) in [7, 11) is 2.15. The van der Waals surface area contributed by atoms with E-state index in [2.05, 4.69) is 36.1 Å².